The molecule has 5 rings (SSSR count). The van der Waals surface area contributed by atoms with Gasteiger partial charge in [0.1, 0.15) is 11.6 Å². The number of likely N-dealkylation sites (tertiary alicyclic amines) is 1. The molecule has 0 radical (unpaired) electrons. The molecule has 4 fully saturated rings. The molecule has 3 amide bonds. The van der Waals surface area contributed by atoms with E-state index in [-0.39, 0.29) is 30.4 Å². The summed E-state index contributed by atoms with van der Waals surface area (Å²) in [6, 6.07) is 9.19. The zero-order chi connectivity index (χ0) is 27.5. The van der Waals surface area contributed by atoms with Gasteiger partial charge < -0.3 is 25.4 Å². The molecule has 3 N–H and O–H groups in total. The highest BCUT2D eigenvalue weighted by Gasteiger charge is 2.78. The lowest BCUT2D eigenvalue weighted by Crippen LogP contribution is -2.57. The van der Waals surface area contributed by atoms with Crippen molar-refractivity contribution in [2.45, 2.75) is 114 Å². The lowest BCUT2D eigenvalue weighted by atomic mass is 9.65. The largest absolute Gasteiger partial charge is 0.396 e. The van der Waals surface area contributed by atoms with Gasteiger partial charge in [-0.1, -0.05) is 69.4 Å². The molecule has 39 heavy (non-hydrogen) atoms. The van der Waals surface area contributed by atoms with Crippen molar-refractivity contribution in [2.75, 3.05) is 13.2 Å². The fourth-order valence-corrected chi connectivity index (χ4v) is 7.83. The molecule has 2 unspecified atom stereocenters. The minimum Gasteiger partial charge on any atom is -0.396 e. The molecule has 1 aromatic carbocycles. The van der Waals surface area contributed by atoms with E-state index >= 15 is 0 Å². The van der Waals surface area contributed by atoms with Crippen LogP contribution in [0.15, 0.2) is 30.3 Å². The Morgan fingerprint density at radius 3 is 2.49 bits per heavy atom. The molecule has 3 saturated heterocycles. The Morgan fingerprint density at radius 2 is 1.77 bits per heavy atom. The topological polar surface area (TPSA) is 108 Å². The molecule has 1 saturated carbocycles. The number of carbonyl (C=O) groups excluding carboxylic acids is 3. The Bertz CT molecular complexity index is 1030. The van der Waals surface area contributed by atoms with Crippen LogP contribution in [-0.4, -0.2) is 64.2 Å². The summed E-state index contributed by atoms with van der Waals surface area (Å²) in [4.78, 5) is 43.7. The highest BCUT2D eigenvalue weighted by molar-refractivity contribution is 5.99. The number of fused-ring (bicyclic) bond motifs is 1. The molecule has 8 heteroatoms. The first-order valence-electron chi connectivity index (χ1n) is 15.2. The number of amides is 3. The second kappa shape index (κ2) is 12.0. The maximum absolute atomic E-state index is 14.2. The van der Waals surface area contributed by atoms with Gasteiger partial charge in [0.2, 0.25) is 17.7 Å². The number of unbranched alkanes of at least 4 members (excludes halogenated alkanes) is 3. The molecular weight excluding hydrogens is 494 g/mol. The summed E-state index contributed by atoms with van der Waals surface area (Å²) in [5.74, 6) is -1.66. The number of hydrogen-bond acceptors (Lipinski definition) is 5. The molecule has 1 aliphatic carbocycles. The van der Waals surface area contributed by atoms with Crippen molar-refractivity contribution in [1.29, 1.82) is 0 Å². The van der Waals surface area contributed by atoms with Crippen LogP contribution in [0.1, 0.15) is 89.5 Å². The standard InChI is InChI=1S/C31H45N3O5/c1-2-30-17-18-31(39-30)25(24(30)27(36)32-21-22-13-7-5-8-14-22)29(38)34(19-11-3-4-12-20-35)26(31)28(37)33-23-15-9-6-10-16-23/h5,7-8,13-14,23-26,35H,2-4,6,9-12,15-21H2,1H3,(H,32,36)(H,33,37)/t24-,25-,26?,30+,31?/m0/s1. The van der Waals surface area contributed by atoms with E-state index in [1.165, 1.54) is 6.42 Å². The SMILES string of the molecule is CC[C@]12CCC3(O1)C(C(=O)NC1CCCCC1)N(CCCCCCO)C(=O)[C@@H]3[C@H]2C(=O)NCc1ccccc1. The van der Waals surface area contributed by atoms with Gasteiger partial charge in [-0.15, -0.1) is 0 Å². The number of ether oxygens (including phenoxy) is 1. The maximum Gasteiger partial charge on any atom is 0.246 e. The number of aliphatic hydroxyl groups is 1. The van der Waals surface area contributed by atoms with Gasteiger partial charge in [-0.25, -0.2) is 0 Å². The first-order chi connectivity index (χ1) is 19.0. The summed E-state index contributed by atoms with van der Waals surface area (Å²) in [5.41, 5.74) is -0.689. The van der Waals surface area contributed by atoms with Crippen LogP contribution < -0.4 is 10.6 Å². The summed E-state index contributed by atoms with van der Waals surface area (Å²) in [7, 11) is 0. The Labute approximate surface area is 232 Å². The molecule has 4 aliphatic rings. The van der Waals surface area contributed by atoms with Gasteiger partial charge in [-0.3, -0.25) is 14.4 Å². The molecule has 0 aromatic heterocycles. The van der Waals surface area contributed by atoms with Crippen LogP contribution in [-0.2, 0) is 25.7 Å². The third-order valence-electron chi connectivity index (χ3n) is 9.78. The Balaban J connectivity index is 1.40. The van der Waals surface area contributed by atoms with Crippen LogP contribution in [0, 0.1) is 11.8 Å². The van der Waals surface area contributed by atoms with Crippen LogP contribution in [0.5, 0.6) is 0 Å². The zero-order valence-corrected chi connectivity index (χ0v) is 23.3. The Kier molecular flexibility index (Phi) is 8.62. The van der Waals surface area contributed by atoms with Gasteiger partial charge >= 0.3 is 0 Å². The molecule has 3 aliphatic heterocycles. The van der Waals surface area contributed by atoms with Crippen molar-refractivity contribution < 1.29 is 24.2 Å². The fourth-order valence-electron chi connectivity index (χ4n) is 7.83. The number of rotatable bonds is 12. The Hall–Kier alpha value is -2.45. The quantitative estimate of drug-likeness (QED) is 0.353. The van der Waals surface area contributed by atoms with E-state index < -0.39 is 29.1 Å². The van der Waals surface area contributed by atoms with Gasteiger partial charge in [-0.05, 0) is 50.5 Å². The van der Waals surface area contributed by atoms with Gasteiger partial charge in [0.25, 0.3) is 0 Å². The van der Waals surface area contributed by atoms with E-state index in [0.29, 0.717) is 32.4 Å². The average Bonchev–Trinajstić information content (AvgIpc) is 3.56. The third-order valence-corrected chi connectivity index (χ3v) is 9.78. The highest BCUT2D eigenvalue weighted by atomic mass is 16.5. The predicted octanol–water partition coefficient (Wildman–Crippen LogP) is 3.46. The minimum atomic E-state index is -0.967. The van der Waals surface area contributed by atoms with Crippen molar-refractivity contribution in [3.05, 3.63) is 35.9 Å². The summed E-state index contributed by atoms with van der Waals surface area (Å²) in [6.45, 7) is 3.04. The molecule has 214 valence electrons. The summed E-state index contributed by atoms with van der Waals surface area (Å²) in [5, 5.41) is 15.5. The number of aliphatic hydroxyl groups excluding tert-OH is 1. The smallest absolute Gasteiger partial charge is 0.246 e. The number of nitrogens with one attached hydrogen (secondary N) is 2. The van der Waals surface area contributed by atoms with E-state index in [1.54, 1.807) is 4.90 Å². The lowest BCUT2D eigenvalue weighted by Gasteiger charge is -2.35. The minimum absolute atomic E-state index is 0.115. The summed E-state index contributed by atoms with van der Waals surface area (Å²) >= 11 is 0. The van der Waals surface area contributed by atoms with Crippen molar-refractivity contribution in [3.8, 4) is 0 Å². The number of benzene rings is 1. The van der Waals surface area contributed by atoms with Gasteiger partial charge in [-0.2, -0.15) is 0 Å². The predicted molar refractivity (Wildman–Crippen MR) is 147 cm³/mol. The van der Waals surface area contributed by atoms with E-state index in [0.717, 1.165) is 56.9 Å². The average molecular weight is 540 g/mol. The van der Waals surface area contributed by atoms with Crippen LogP contribution in [0.2, 0.25) is 0 Å². The normalized spacial score (nSPS) is 31.9. The van der Waals surface area contributed by atoms with Crippen LogP contribution in [0.3, 0.4) is 0 Å². The molecule has 3 heterocycles. The first kappa shape index (κ1) is 28.1. The van der Waals surface area contributed by atoms with Crippen molar-refractivity contribution in [2.24, 2.45) is 11.8 Å². The van der Waals surface area contributed by atoms with Gasteiger partial charge in [0.05, 0.1) is 17.4 Å². The fraction of sp³-hybridized carbons (Fsp3) is 0.710. The number of hydrogen-bond donors (Lipinski definition) is 3. The van der Waals surface area contributed by atoms with Gasteiger partial charge in [0.15, 0.2) is 0 Å². The van der Waals surface area contributed by atoms with Crippen molar-refractivity contribution in [3.63, 3.8) is 0 Å². The second-order valence-corrected chi connectivity index (χ2v) is 12.0. The highest BCUT2D eigenvalue weighted by Crippen LogP contribution is 2.64. The molecule has 1 spiro atoms. The second-order valence-electron chi connectivity index (χ2n) is 12.0. The number of nitrogens with zero attached hydrogens (tertiary/aromatic N) is 1. The van der Waals surface area contributed by atoms with Crippen molar-refractivity contribution >= 4 is 17.7 Å². The molecule has 1 aromatic rings. The summed E-state index contributed by atoms with van der Waals surface area (Å²) < 4.78 is 6.86. The van der Waals surface area contributed by atoms with Gasteiger partial charge in [0, 0.05) is 25.7 Å². The molecule has 8 nitrogen and oxygen atoms in total. The van der Waals surface area contributed by atoms with Crippen LogP contribution in [0.4, 0.5) is 0 Å². The number of carbonyl (C=O) groups is 3. The van der Waals surface area contributed by atoms with E-state index in [1.807, 2.05) is 37.3 Å². The molecule has 5 atom stereocenters. The Morgan fingerprint density at radius 1 is 1.03 bits per heavy atom. The van der Waals surface area contributed by atoms with Crippen molar-refractivity contribution in [1.82, 2.24) is 15.5 Å². The first-order valence-corrected chi connectivity index (χ1v) is 15.2. The summed E-state index contributed by atoms with van der Waals surface area (Å²) in [6.07, 6.45) is 10.5. The monoisotopic (exact) mass is 539 g/mol. The van der Waals surface area contributed by atoms with Crippen LogP contribution in [0.25, 0.3) is 0 Å². The molecular formula is C31H45N3O5. The van der Waals surface area contributed by atoms with E-state index in [2.05, 4.69) is 10.6 Å². The van der Waals surface area contributed by atoms with E-state index in [4.69, 9.17) is 9.84 Å². The molecule has 2 bridgehead atoms. The van der Waals surface area contributed by atoms with E-state index in [9.17, 15) is 14.4 Å². The zero-order valence-electron chi connectivity index (χ0n) is 23.3. The lowest BCUT2D eigenvalue weighted by molar-refractivity contribution is -0.148. The van der Waals surface area contributed by atoms with Crippen LogP contribution >= 0.6 is 0 Å². The maximum atomic E-state index is 14.2. The third kappa shape index (κ3) is 5.22.